The topological polar surface area (TPSA) is 12.0 Å². The van der Waals surface area contributed by atoms with Crippen molar-refractivity contribution in [1.82, 2.24) is 5.32 Å². The lowest BCUT2D eigenvalue weighted by atomic mass is 9.87. The largest absolute Gasteiger partial charge is 0.389 e. The summed E-state index contributed by atoms with van der Waals surface area (Å²) >= 11 is 0. The van der Waals surface area contributed by atoms with Crippen molar-refractivity contribution in [1.29, 1.82) is 0 Å². The number of hydrogen-bond acceptors (Lipinski definition) is 1. The molecular weight excluding hydrogens is 146 g/mol. The van der Waals surface area contributed by atoms with E-state index in [1.807, 2.05) is 0 Å². The summed E-state index contributed by atoms with van der Waals surface area (Å²) in [6.07, 6.45) is 8.14. The number of nitrogens with one attached hydrogen (secondary N) is 1. The van der Waals surface area contributed by atoms with Gasteiger partial charge in [-0.15, -0.1) is 0 Å². The third-order valence-corrected chi connectivity index (χ3v) is 2.70. The van der Waals surface area contributed by atoms with Crippen molar-refractivity contribution in [3.63, 3.8) is 0 Å². The highest BCUT2D eigenvalue weighted by molar-refractivity contribution is 4.98. The molecule has 70 valence electrons. The van der Waals surface area contributed by atoms with Gasteiger partial charge in [-0.05, 0) is 25.2 Å². The van der Waals surface area contributed by atoms with Crippen LogP contribution in [0, 0.1) is 5.92 Å². The molecule has 12 heavy (non-hydrogen) atoms. The van der Waals surface area contributed by atoms with Crippen molar-refractivity contribution in [3.05, 3.63) is 12.3 Å². The van der Waals surface area contributed by atoms with Crippen molar-refractivity contribution in [3.8, 4) is 0 Å². The van der Waals surface area contributed by atoms with E-state index in [9.17, 15) is 0 Å². The Morgan fingerprint density at radius 1 is 1.33 bits per heavy atom. The molecule has 0 aromatic heterocycles. The molecule has 1 aliphatic rings. The zero-order valence-electron chi connectivity index (χ0n) is 8.23. The molecule has 0 spiro atoms. The Kier molecular flexibility index (Phi) is 4.20. The Morgan fingerprint density at radius 2 is 2.00 bits per heavy atom. The summed E-state index contributed by atoms with van der Waals surface area (Å²) in [5, 5.41) is 3.41. The van der Waals surface area contributed by atoms with E-state index >= 15 is 0 Å². The van der Waals surface area contributed by atoms with Crippen LogP contribution in [0.25, 0.3) is 0 Å². The lowest BCUT2D eigenvalue weighted by Crippen LogP contribution is -2.21. The number of allylic oxidation sites excluding steroid dienone is 1. The van der Waals surface area contributed by atoms with E-state index in [0.29, 0.717) is 0 Å². The van der Waals surface area contributed by atoms with Gasteiger partial charge in [-0.25, -0.2) is 0 Å². The molecule has 0 bridgehead atoms. The smallest absolute Gasteiger partial charge is 0.0141 e. The molecule has 0 aromatic rings. The Bertz CT molecular complexity index is 134. The Labute approximate surface area is 76.2 Å². The Balaban J connectivity index is 2.20. The monoisotopic (exact) mass is 167 g/mol. The van der Waals surface area contributed by atoms with Crippen LogP contribution < -0.4 is 5.32 Å². The van der Waals surface area contributed by atoms with Crippen molar-refractivity contribution < 1.29 is 0 Å². The van der Waals surface area contributed by atoms with E-state index in [1.54, 1.807) is 0 Å². The van der Waals surface area contributed by atoms with Crippen LogP contribution in [0.1, 0.15) is 45.4 Å². The van der Waals surface area contributed by atoms with Crippen LogP contribution in [-0.4, -0.2) is 6.54 Å². The minimum absolute atomic E-state index is 0.769. The molecule has 1 fully saturated rings. The first-order chi connectivity index (χ1) is 5.84. The lowest BCUT2D eigenvalue weighted by Gasteiger charge is -2.24. The first-order valence-corrected chi connectivity index (χ1v) is 5.27. The fraction of sp³-hybridized carbons (Fsp3) is 0.818. The molecule has 1 rings (SSSR count). The van der Waals surface area contributed by atoms with E-state index in [4.69, 9.17) is 0 Å². The van der Waals surface area contributed by atoms with Gasteiger partial charge in [0.15, 0.2) is 0 Å². The van der Waals surface area contributed by atoms with Gasteiger partial charge in [0.2, 0.25) is 0 Å². The summed E-state index contributed by atoms with van der Waals surface area (Å²) in [7, 11) is 0. The third kappa shape index (κ3) is 2.88. The molecule has 0 atom stereocenters. The van der Waals surface area contributed by atoms with Crippen LogP contribution in [-0.2, 0) is 0 Å². The van der Waals surface area contributed by atoms with Gasteiger partial charge in [-0.2, -0.15) is 0 Å². The molecule has 0 saturated heterocycles. The molecule has 1 N–H and O–H groups in total. The fourth-order valence-corrected chi connectivity index (χ4v) is 1.88. The predicted molar refractivity (Wildman–Crippen MR) is 54.0 cm³/mol. The molecule has 1 aliphatic carbocycles. The van der Waals surface area contributed by atoms with E-state index in [0.717, 1.165) is 12.5 Å². The van der Waals surface area contributed by atoms with Gasteiger partial charge < -0.3 is 5.32 Å². The van der Waals surface area contributed by atoms with Crippen molar-refractivity contribution in [2.24, 2.45) is 5.92 Å². The highest BCUT2D eigenvalue weighted by atomic mass is 14.9. The van der Waals surface area contributed by atoms with E-state index in [1.165, 1.54) is 44.2 Å². The molecule has 0 unspecified atom stereocenters. The van der Waals surface area contributed by atoms with Crippen LogP contribution in [0.15, 0.2) is 12.3 Å². The van der Waals surface area contributed by atoms with Crippen LogP contribution in [0.2, 0.25) is 0 Å². The van der Waals surface area contributed by atoms with Crippen LogP contribution in [0.3, 0.4) is 0 Å². The molecule has 0 radical (unpaired) electrons. The van der Waals surface area contributed by atoms with E-state index in [-0.39, 0.29) is 0 Å². The first kappa shape index (κ1) is 9.63. The highest BCUT2D eigenvalue weighted by Crippen LogP contribution is 2.27. The molecule has 0 amide bonds. The average molecular weight is 167 g/mol. The normalized spacial score (nSPS) is 19.1. The minimum Gasteiger partial charge on any atom is -0.389 e. The van der Waals surface area contributed by atoms with Gasteiger partial charge >= 0.3 is 0 Å². The Hall–Kier alpha value is -0.460. The second-order valence-corrected chi connectivity index (χ2v) is 3.79. The fourth-order valence-electron chi connectivity index (χ4n) is 1.88. The zero-order chi connectivity index (χ0) is 8.81. The van der Waals surface area contributed by atoms with Crippen LogP contribution >= 0.6 is 0 Å². The van der Waals surface area contributed by atoms with Gasteiger partial charge in [-0.1, -0.05) is 32.8 Å². The minimum atomic E-state index is 0.769. The maximum absolute atomic E-state index is 4.10. The molecule has 0 heterocycles. The molecule has 1 nitrogen and oxygen atoms in total. The van der Waals surface area contributed by atoms with E-state index < -0.39 is 0 Å². The third-order valence-electron chi connectivity index (χ3n) is 2.70. The average Bonchev–Trinajstić information content (AvgIpc) is 2.15. The first-order valence-electron chi connectivity index (χ1n) is 5.27. The highest BCUT2D eigenvalue weighted by Gasteiger charge is 2.15. The van der Waals surface area contributed by atoms with Crippen molar-refractivity contribution in [2.45, 2.75) is 45.4 Å². The van der Waals surface area contributed by atoms with Gasteiger partial charge in [-0.3, -0.25) is 0 Å². The Morgan fingerprint density at radius 3 is 2.58 bits per heavy atom. The standard InChI is InChI=1S/C11H21N/c1-3-9-12-10(2)11-7-5-4-6-8-11/h11-12H,2-9H2,1H3. The zero-order valence-corrected chi connectivity index (χ0v) is 8.23. The second-order valence-electron chi connectivity index (χ2n) is 3.79. The molecule has 1 saturated carbocycles. The molecule has 0 aliphatic heterocycles. The van der Waals surface area contributed by atoms with Crippen LogP contribution in [0.4, 0.5) is 0 Å². The summed E-state index contributed by atoms with van der Waals surface area (Å²) in [6.45, 7) is 7.39. The van der Waals surface area contributed by atoms with Crippen molar-refractivity contribution >= 4 is 0 Å². The van der Waals surface area contributed by atoms with Crippen molar-refractivity contribution in [2.75, 3.05) is 6.54 Å². The molecule has 1 heteroatoms. The summed E-state index contributed by atoms with van der Waals surface area (Å²) in [4.78, 5) is 0. The number of hydrogen-bond donors (Lipinski definition) is 1. The molecule has 0 aromatic carbocycles. The van der Waals surface area contributed by atoms with Gasteiger partial charge in [0.1, 0.15) is 0 Å². The summed E-state index contributed by atoms with van der Waals surface area (Å²) < 4.78 is 0. The summed E-state index contributed by atoms with van der Waals surface area (Å²) in [5.41, 5.74) is 1.29. The maximum Gasteiger partial charge on any atom is 0.0141 e. The summed E-state index contributed by atoms with van der Waals surface area (Å²) in [5.74, 6) is 0.769. The number of rotatable bonds is 4. The SMILES string of the molecule is C=C(NCCC)C1CCCCC1. The van der Waals surface area contributed by atoms with E-state index in [2.05, 4.69) is 18.8 Å². The summed E-state index contributed by atoms with van der Waals surface area (Å²) in [6, 6.07) is 0. The van der Waals surface area contributed by atoms with Gasteiger partial charge in [0.05, 0.1) is 0 Å². The lowest BCUT2D eigenvalue weighted by molar-refractivity contribution is 0.387. The predicted octanol–water partition coefficient (Wildman–Crippen LogP) is 3.08. The quantitative estimate of drug-likeness (QED) is 0.678. The van der Waals surface area contributed by atoms with Gasteiger partial charge in [0.25, 0.3) is 0 Å². The van der Waals surface area contributed by atoms with Crippen LogP contribution in [0.5, 0.6) is 0 Å². The second kappa shape index (κ2) is 5.23. The van der Waals surface area contributed by atoms with Gasteiger partial charge in [0, 0.05) is 12.2 Å². The molecular formula is C11H21N. The maximum atomic E-state index is 4.10.